The summed E-state index contributed by atoms with van der Waals surface area (Å²) in [6, 6.07) is 5.38. The second-order valence-electron chi connectivity index (χ2n) is 4.37. The fourth-order valence-corrected chi connectivity index (χ4v) is 1.96. The first-order chi connectivity index (χ1) is 8.37. The van der Waals surface area contributed by atoms with Gasteiger partial charge in [-0.25, -0.2) is 0 Å². The van der Waals surface area contributed by atoms with Gasteiger partial charge in [-0.3, -0.25) is 0 Å². The lowest BCUT2D eigenvalue weighted by Crippen LogP contribution is -2.35. The van der Waals surface area contributed by atoms with Crippen LogP contribution in [0.5, 0.6) is 0 Å². The summed E-state index contributed by atoms with van der Waals surface area (Å²) in [5.41, 5.74) is 7.95. The number of nitrogens with zero attached hydrogens (tertiary/aromatic N) is 1. The minimum Gasteiger partial charge on any atom is -0.362 e. The predicted molar refractivity (Wildman–Crippen MR) is 67.6 cm³/mol. The molecule has 0 aliphatic carbocycles. The first-order valence-electron chi connectivity index (χ1n) is 5.98. The molecule has 0 aliphatic heterocycles. The normalized spacial score (nSPS) is 11.7. The molecule has 5 heteroatoms. The first-order valence-corrected chi connectivity index (χ1v) is 5.98. The molecule has 0 heterocycles. The van der Waals surface area contributed by atoms with Gasteiger partial charge in [0.15, 0.2) is 0 Å². The largest absolute Gasteiger partial charge is 0.405 e. The minimum atomic E-state index is -4.20. The number of anilines is 1. The van der Waals surface area contributed by atoms with Gasteiger partial charge in [-0.15, -0.1) is 0 Å². The van der Waals surface area contributed by atoms with E-state index in [2.05, 4.69) is 0 Å². The molecule has 0 amide bonds. The Bertz CT molecular complexity index is 388. The molecule has 0 radical (unpaired) electrons. The number of alkyl halides is 3. The summed E-state index contributed by atoms with van der Waals surface area (Å²) in [5, 5.41) is 0. The van der Waals surface area contributed by atoms with Gasteiger partial charge in [0.25, 0.3) is 0 Å². The van der Waals surface area contributed by atoms with Crippen molar-refractivity contribution in [1.82, 2.24) is 0 Å². The molecule has 0 unspecified atom stereocenters. The van der Waals surface area contributed by atoms with Crippen molar-refractivity contribution in [2.24, 2.45) is 5.73 Å². The highest BCUT2D eigenvalue weighted by Gasteiger charge is 2.31. The van der Waals surface area contributed by atoms with E-state index >= 15 is 0 Å². The molecule has 0 atom stereocenters. The molecule has 102 valence electrons. The highest BCUT2D eigenvalue weighted by atomic mass is 19.4. The summed E-state index contributed by atoms with van der Waals surface area (Å²) in [6.07, 6.45) is -3.54. The lowest BCUT2D eigenvalue weighted by atomic mass is 10.1. The van der Waals surface area contributed by atoms with Gasteiger partial charge in [0.2, 0.25) is 0 Å². The van der Waals surface area contributed by atoms with E-state index in [1.807, 2.05) is 26.0 Å². The van der Waals surface area contributed by atoms with Crippen LogP contribution in [0.25, 0.3) is 0 Å². The Balaban J connectivity index is 3.04. The molecule has 18 heavy (non-hydrogen) atoms. The van der Waals surface area contributed by atoms with E-state index in [9.17, 15) is 13.2 Å². The Morgan fingerprint density at radius 3 is 2.44 bits per heavy atom. The third-order valence-corrected chi connectivity index (χ3v) is 2.66. The van der Waals surface area contributed by atoms with E-state index in [4.69, 9.17) is 5.73 Å². The van der Waals surface area contributed by atoms with Crippen molar-refractivity contribution >= 4 is 5.69 Å². The molecular formula is C13H19F3N2. The zero-order valence-corrected chi connectivity index (χ0v) is 10.7. The Hall–Kier alpha value is -1.23. The third-order valence-electron chi connectivity index (χ3n) is 2.66. The van der Waals surface area contributed by atoms with Crippen molar-refractivity contribution < 1.29 is 13.2 Å². The van der Waals surface area contributed by atoms with Crippen LogP contribution in [0.4, 0.5) is 18.9 Å². The summed E-state index contributed by atoms with van der Waals surface area (Å²) in [7, 11) is 0. The van der Waals surface area contributed by atoms with Crippen LogP contribution in [0.2, 0.25) is 0 Å². The Kier molecular flexibility index (Phi) is 5.02. The quantitative estimate of drug-likeness (QED) is 0.880. The summed E-state index contributed by atoms with van der Waals surface area (Å²) in [5.74, 6) is 0. The van der Waals surface area contributed by atoms with E-state index in [0.717, 1.165) is 11.1 Å². The van der Waals surface area contributed by atoms with Crippen LogP contribution in [0.3, 0.4) is 0 Å². The predicted octanol–water partition coefficient (Wildman–Crippen LogP) is 3.23. The second-order valence-corrected chi connectivity index (χ2v) is 4.37. The minimum absolute atomic E-state index is 0.245. The molecule has 0 fully saturated rings. The topological polar surface area (TPSA) is 29.3 Å². The maximum atomic E-state index is 12.6. The van der Waals surface area contributed by atoms with Crippen LogP contribution in [0, 0.1) is 6.92 Å². The molecule has 0 saturated heterocycles. The smallest absolute Gasteiger partial charge is 0.362 e. The zero-order chi connectivity index (χ0) is 13.8. The number of aryl methyl sites for hydroxylation is 1. The molecule has 0 aromatic heterocycles. The van der Waals surface area contributed by atoms with Crippen molar-refractivity contribution in [1.29, 1.82) is 0 Å². The molecule has 1 aromatic rings. The number of hydrogen-bond donors (Lipinski definition) is 1. The van der Waals surface area contributed by atoms with Gasteiger partial charge >= 0.3 is 6.18 Å². The van der Waals surface area contributed by atoms with Crippen LogP contribution < -0.4 is 10.6 Å². The molecule has 1 aromatic carbocycles. The van der Waals surface area contributed by atoms with E-state index in [1.165, 1.54) is 4.90 Å². The monoisotopic (exact) mass is 260 g/mol. The SMILES string of the molecule is CCCN(CC(F)(F)F)c1ccc(C)cc1CN. The Morgan fingerprint density at radius 2 is 1.94 bits per heavy atom. The Morgan fingerprint density at radius 1 is 1.28 bits per heavy atom. The maximum absolute atomic E-state index is 12.6. The molecule has 0 bridgehead atoms. The van der Waals surface area contributed by atoms with Crippen molar-refractivity contribution in [2.75, 3.05) is 18.0 Å². The van der Waals surface area contributed by atoms with E-state index in [1.54, 1.807) is 6.07 Å². The van der Waals surface area contributed by atoms with E-state index in [-0.39, 0.29) is 6.54 Å². The number of hydrogen-bond acceptors (Lipinski definition) is 2. The third kappa shape index (κ3) is 4.22. The highest BCUT2D eigenvalue weighted by Crippen LogP contribution is 2.26. The Labute approximate surface area is 106 Å². The highest BCUT2D eigenvalue weighted by molar-refractivity contribution is 5.55. The van der Waals surface area contributed by atoms with Gasteiger partial charge < -0.3 is 10.6 Å². The summed E-state index contributed by atoms with van der Waals surface area (Å²) in [6.45, 7) is 3.44. The van der Waals surface area contributed by atoms with Crippen LogP contribution in [-0.2, 0) is 6.54 Å². The number of halogens is 3. The number of nitrogens with two attached hydrogens (primary N) is 1. The zero-order valence-electron chi connectivity index (χ0n) is 10.7. The molecule has 0 spiro atoms. The lowest BCUT2D eigenvalue weighted by Gasteiger charge is -2.27. The average Bonchev–Trinajstić information content (AvgIpc) is 2.26. The standard InChI is InChI=1S/C13H19F3N2/c1-3-6-18(9-13(14,15)16)12-5-4-10(2)7-11(12)8-17/h4-5,7H,3,6,8-9,17H2,1-2H3. The molecule has 2 N–H and O–H groups in total. The summed E-state index contributed by atoms with van der Waals surface area (Å²) in [4.78, 5) is 1.35. The first kappa shape index (κ1) is 14.8. The molecular weight excluding hydrogens is 241 g/mol. The fraction of sp³-hybridized carbons (Fsp3) is 0.538. The van der Waals surface area contributed by atoms with Gasteiger partial charge in [-0.2, -0.15) is 13.2 Å². The second kappa shape index (κ2) is 6.09. The number of benzene rings is 1. The van der Waals surface area contributed by atoms with Gasteiger partial charge in [0.1, 0.15) is 6.54 Å². The van der Waals surface area contributed by atoms with Crippen molar-refractivity contribution in [3.63, 3.8) is 0 Å². The molecule has 1 rings (SSSR count). The van der Waals surface area contributed by atoms with E-state index in [0.29, 0.717) is 18.7 Å². The van der Waals surface area contributed by atoms with Crippen LogP contribution in [-0.4, -0.2) is 19.3 Å². The number of rotatable bonds is 5. The lowest BCUT2D eigenvalue weighted by molar-refractivity contribution is -0.119. The van der Waals surface area contributed by atoms with Gasteiger partial charge in [0, 0.05) is 18.8 Å². The van der Waals surface area contributed by atoms with Crippen molar-refractivity contribution in [2.45, 2.75) is 33.0 Å². The van der Waals surface area contributed by atoms with Crippen molar-refractivity contribution in [3.8, 4) is 0 Å². The molecule has 0 saturated carbocycles. The van der Waals surface area contributed by atoms with Crippen LogP contribution in [0.15, 0.2) is 18.2 Å². The maximum Gasteiger partial charge on any atom is 0.405 e. The fourth-order valence-electron chi connectivity index (χ4n) is 1.96. The molecule has 0 aliphatic rings. The van der Waals surface area contributed by atoms with Gasteiger partial charge in [0.05, 0.1) is 0 Å². The molecule has 2 nitrogen and oxygen atoms in total. The van der Waals surface area contributed by atoms with Gasteiger partial charge in [-0.05, 0) is 25.0 Å². The average molecular weight is 260 g/mol. The van der Waals surface area contributed by atoms with Crippen molar-refractivity contribution in [3.05, 3.63) is 29.3 Å². The summed E-state index contributed by atoms with van der Waals surface area (Å²) < 4.78 is 37.7. The van der Waals surface area contributed by atoms with Crippen LogP contribution >= 0.6 is 0 Å². The summed E-state index contributed by atoms with van der Waals surface area (Å²) >= 11 is 0. The van der Waals surface area contributed by atoms with Crippen LogP contribution in [0.1, 0.15) is 24.5 Å². The van der Waals surface area contributed by atoms with E-state index < -0.39 is 12.7 Å². The van der Waals surface area contributed by atoms with Gasteiger partial charge in [-0.1, -0.05) is 24.6 Å².